The maximum Gasteiger partial charge on any atom is 0.306 e. The molecule has 0 unspecified atom stereocenters. The first-order chi connectivity index (χ1) is 13.0. The van der Waals surface area contributed by atoms with Crippen molar-refractivity contribution in [3.8, 4) is 0 Å². The number of para-hydroxylation sites is 1. The first kappa shape index (κ1) is 19.0. The number of ether oxygens (including phenoxy) is 1. The summed E-state index contributed by atoms with van der Waals surface area (Å²) >= 11 is 1.57. The van der Waals surface area contributed by atoms with Crippen LogP contribution in [0.25, 0.3) is 10.2 Å². The third kappa shape index (κ3) is 4.92. The fraction of sp³-hybridized carbons (Fsp3) is 0.286. The molecule has 0 N–H and O–H groups in total. The number of carbonyl (C=O) groups excluding carboxylic acids is 2. The van der Waals surface area contributed by atoms with Gasteiger partial charge in [0.05, 0.1) is 16.3 Å². The van der Waals surface area contributed by atoms with Gasteiger partial charge in [-0.2, -0.15) is 0 Å². The van der Waals surface area contributed by atoms with Crippen LogP contribution in [-0.2, 0) is 20.7 Å². The standard InChI is InChI=1S/C21H22N2O3S/c1-15(21-22-17-10-6-7-11-18(17)27-21)23(2)19(24)14-26-20(25)13-12-16-8-4-3-5-9-16/h3-11,15H,12-14H2,1-2H3/t15-/m0/s1. The van der Waals surface area contributed by atoms with Crippen molar-refractivity contribution in [1.82, 2.24) is 9.88 Å². The van der Waals surface area contributed by atoms with Gasteiger partial charge in [0.2, 0.25) is 0 Å². The van der Waals surface area contributed by atoms with E-state index in [1.165, 1.54) is 0 Å². The molecule has 1 atom stereocenters. The van der Waals surface area contributed by atoms with Gasteiger partial charge in [0.1, 0.15) is 5.01 Å². The van der Waals surface area contributed by atoms with Crippen LogP contribution in [0.4, 0.5) is 0 Å². The van der Waals surface area contributed by atoms with Crippen LogP contribution in [0.15, 0.2) is 54.6 Å². The highest BCUT2D eigenvalue weighted by molar-refractivity contribution is 7.18. The van der Waals surface area contributed by atoms with Gasteiger partial charge in [-0.3, -0.25) is 9.59 Å². The molecule has 0 saturated heterocycles. The lowest BCUT2D eigenvalue weighted by Crippen LogP contribution is -2.33. The minimum atomic E-state index is -0.367. The van der Waals surface area contributed by atoms with E-state index in [0.29, 0.717) is 6.42 Å². The van der Waals surface area contributed by atoms with Crippen LogP contribution in [0.2, 0.25) is 0 Å². The fourth-order valence-electron chi connectivity index (χ4n) is 2.66. The quantitative estimate of drug-likeness (QED) is 0.580. The number of hydrogen-bond acceptors (Lipinski definition) is 5. The van der Waals surface area contributed by atoms with Crippen molar-refractivity contribution in [3.05, 3.63) is 65.2 Å². The molecule has 27 heavy (non-hydrogen) atoms. The molecule has 0 aliphatic rings. The summed E-state index contributed by atoms with van der Waals surface area (Å²) in [7, 11) is 1.71. The van der Waals surface area contributed by atoms with Crippen LogP contribution in [0.5, 0.6) is 0 Å². The Kier molecular flexibility index (Phi) is 6.19. The normalized spacial score (nSPS) is 11.9. The average molecular weight is 382 g/mol. The fourth-order valence-corrected chi connectivity index (χ4v) is 3.72. The van der Waals surface area contributed by atoms with E-state index in [1.807, 2.05) is 61.5 Å². The summed E-state index contributed by atoms with van der Waals surface area (Å²) in [5.41, 5.74) is 2.00. The predicted octanol–water partition coefficient (Wildman–Crippen LogP) is 3.99. The van der Waals surface area contributed by atoms with Gasteiger partial charge in [-0.15, -0.1) is 11.3 Å². The number of carbonyl (C=O) groups is 2. The summed E-state index contributed by atoms with van der Waals surface area (Å²) in [6.07, 6.45) is 0.861. The Morgan fingerprint density at radius 1 is 1.11 bits per heavy atom. The van der Waals surface area contributed by atoms with Crippen molar-refractivity contribution < 1.29 is 14.3 Å². The van der Waals surface area contributed by atoms with Gasteiger partial charge in [-0.1, -0.05) is 42.5 Å². The van der Waals surface area contributed by atoms with E-state index in [2.05, 4.69) is 4.98 Å². The van der Waals surface area contributed by atoms with Crippen LogP contribution in [-0.4, -0.2) is 35.4 Å². The molecular formula is C21H22N2O3S. The van der Waals surface area contributed by atoms with E-state index in [4.69, 9.17) is 4.74 Å². The number of amides is 1. The van der Waals surface area contributed by atoms with Crippen molar-refractivity contribution >= 4 is 33.4 Å². The Bertz CT molecular complexity index is 890. The Labute approximate surface area is 162 Å². The zero-order valence-electron chi connectivity index (χ0n) is 15.4. The second kappa shape index (κ2) is 8.77. The van der Waals surface area contributed by atoms with Crippen molar-refractivity contribution in [2.45, 2.75) is 25.8 Å². The highest BCUT2D eigenvalue weighted by atomic mass is 32.1. The first-order valence-corrected chi connectivity index (χ1v) is 9.67. The number of thiazole rings is 1. The van der Waals surface area contributed by atoms with E-state index < -0.39 is 0 Å². The van der Waals surface area contributed by atoms with Crippen LogP contribution in [0, 0.1) is 0 Å². The molecule has 1 amide bonds. The molecule has 0 bridgehead atoms. The average Bonchev–Trinajstić information content (AvgIpc) is 3.14. The number of likely N-dealkylation sites (N-methyl/N-ethyl adjacent to an activating group) is 1. The van der Waals surface area contributed by atoms with Crippen LogP contribution < -0.4 is 0 Å². The summed E-state index contributed by atoms with van der Waals surface area (Å²) in [6, 6.07) is 17.4. The van der Waals surface area contributed by atoms with E-state index in [9.17, 15) is 9.59 Å². The third-order valence-electron chi connectivity index (χ3n) is 4.46. The number of nitrogens with zero attached hydrogens (tertiary/aromatic N) is 2. The molecule has 0 saturated carbocycles. The molecule has 0 aliphatic carbocycles. The Morgan fingerprint density at radius 2 is 1.81 bits per heavy atom. The number of hydrogen-bond donors (Lipinski definition) is 0. The number of benzene rings is 2. The highest BCUT2D eigenvalue weighted by Gasteiger charge is 2.21. The Morgan fingerprint density at radius 3 is 2.56 bits per heavy atom. The first-order valence-electron chi connectivity index (χ1n) is 8.85. The second-order valence-corrected chi connectivity index (χ2v) is 7.41. The van der Waals surface area contributed by atoms with E-state index in [1.54, 1.807) is 23.3 Å². The van der Waals surface area contributed by atoms with Crippen molar-refractivity contribution in [2.75, 3.05) is 13.7 Å². The maximum atomic E-state index is 12.4. The topological polar surface area (TPSA) is 59.5 Å². The summed E-state index contributed by atoms with van der Waals surface area (Å²) < 4.78 is 6.23. The monoisotopic (exact) mass is 382 g/mol. The number of aryl methyl sites for hydroxylation is 1. The van der Waals surface area contributed by atoms with Crippen LogP contribution >= 0.6 is 11.3 Å². The highest BCUT2D eigenvalue weighted by Crippen LogP contribution is 2.28. The van der Waals surface area contributed by atoms with Gasteiger partial charge >= 0.3 is 5.97 Å². The molecule has 0 spiro atoms. The molecule has 2 aromatic carbocycles. The minimum Gasteiger partial charge on any atom is -0.456 e. The predicted molar refractivity (Wildman–Crippen MR) is 107 cm³/mol. The molecule has 0 radical (unpaired) electrons. The molecule has 3 aromatic rings. The largest absolute Gasteiger partial charge is 0.456 e. The molecule has 6 heteroatoms. The van der Waals surface area contributed by atoms with Gasteiger partial charge in [-0.05, 0) is 31.0 Å². The van der Waals surface area contributed by atoms with E-state index in [0.717, 1.165) is 20.8 Å². The zero-order valence-corrected chi connectivity index (χ0v) is 16.2. The summed E-state index contributed by atoms with van der Waals surface area (Å²) in [5.74, 6) is -0.608. The van der Waals surface area contributed by atoms with Crippen molar-refractivity contribution in [1.29, 1.82) is 0 Å². The molecule has 0 fully saturated rings. The summed E-state index contributed by atoms with van der Waals surface area (Å²) in [4.78, 5) is 30.4. The lowest BCUT2D eigenvalue weighted by molar-refractivity contribution is -0.152. The molecule has 3 rings (SSSR count). The molecule has 0 aliphatic heterocycles. The van der Waals surface area contributed by atoms with Gasteiger partial charge in [-0.25, -0.2) is 4.98 Å². The molecule has 1 aromatic heterocycles. The lowest BCUT2D eigenvalue weighted by Gasteiger charge is -2.23. The molecule has 5 nitrogen and oxygen atoms in total. The Hall–Kier alpha value is -2.73. The number of rotatable bonds is 7. The Balaban J connectivity index is 1.50. The summed E-state index contributed by atoms with van der Waals surface area (Å²) in [5, 5.41) is 0.863. The maximum absolute atomic E-state index is 12.4. The molecule has 1 heterocycles. The molecular weight excluding hydrogens is 360 g/mol. The smallest absolute Gasteiger partial charge is 0.306 e. The number of aromatic nitrogens is 1. The van der Waals surface area contributed by atoms with Crippen molar-refractivity contribution in [2.24, 2.45) is 0 Å². The minimum absolute atomic E-state index is 0.182. The lowest BCUT2D eigenvalue weighted by atomic mass is 10.1. The SMILES string of the molecule is C[C@@H](c1nc2ccccc2s1)N(C)C(=O)COC(=O)CCc1ccccc1. The third-order valence-corrected chi connectivity index (χ3v) is 5.67. The van der Waals surface area contributed by atoms with E-state index in [-0.39, 0.29) is 30.9 Å². The van der Waals surface area contributed by atoms with Crippen LogP contribution in [0.3, 0.4) is 0 Å². The van der Waals surface area contributed by atoms with Gasteiger partial charge in [0.15, 0.2) is 6.61 Å². The number of fused-ring (bicyclic) bond motifs is 1. The zero-order chi connectivity index (χ0) is 19.2. The number of esters is 1. The second-order valence-electron chi connectivity index (χ2n) is 6.35. The van der Waals surface area contributed by atoms with Crippen LogP contribution in [0.1, 0.15) is 30.0 Å². The van der Waals surface area contributed by atoms with Gasteiger partial charge in [0, 0.05) is 13.5 Å². The summed E-state index contributed by atoms with van der Waals surface area (Å²) in [6.45, 7) is 1.67. The van der Waals surface area contributed by atoms with Gasteiger partial charge < -0.3 is 9.64 Å². The molecule has 140 valence electrons. The van der Waals surface area contributed by atoms with Crippen molar-refractivity contribution in [3.63, 3.8) is 0 Å². The van der Waals surface area contributed by atoms with Gasteiger partial charge in [0.25, 0.3) is 5.91 Å². The van der Waals surface area contributed by atoms with E-state index >= 15 is 0 Å².